The number of rotatable bonds is 5. The molecule has 0 aromatic carbocycles. The van der Waals surface area contributed by atoms with Gasteiger partial charge in [-0.1, -0.05) is 24.3 Å². The minimum absolute atomic E-state index is 0.0179. The summed E-state index contributed by atoms with van der Waals surface area (Å²) >= 11 is 0. The molecule has 0 aliphatic carbocycles. The molecule has 0 rings (SSSR count). The molecule has 0 saturated heterocycles. The summed E-state index contributed by atoms with van der Waals surface area (Å²) in [4.78, 5) is 0. The fourth-order valence-electron chi connectivity index (χ4n) is 0.881. The summed E-state index contributed by atoms with van der Waals surface area (Å²) in [5.41, 5.74) is 10.1. The fraction of sp³-hybridized carbons (Fsp3) is 0.364. The van der Waals surface area contributed by atoms with Crippen LogP contribution in [-0.2, 0) is 0 Å². The summed E-state index contributed by atoms with van der Waals surface area (Å²) in [7, 11) is 0. The standard InChI is InChI=1S/C11H17NO/c1-3-5-11(9-13)7-6-10(4-2)8-12/h4-5,7,13H,1,6,8-9,12H2,2H3/b10-4+,11-7+. The summed E-state index contributed by atoms with van der Waals surface area (Å²) in [6.07, 6.45) is 6.37. The molecule has 0 bridgehead atoms. The highest BCUT2D eigenvalue weighted by Gasteiger charge is 1.92. The van der Waals surface area contributed by atoms with Gasteiger partial charge in [-0.15, -0.1) is 5.73 Å². The first kappa shape index (κ1) is 11.9. The zero-order chi connectivity index (χ0) is 10.1. The van der Waals surface area contributed by atoms with Crippen LogP contribution in [0.4, 0.5) is 0 Å². The summed E-state index contributed by atoms with van der Waals surface area (Å²) in [6.45, 7) is 5.98. The number of hydrogen-bond acceptors (Lipinski definition) is 2. The smallest absolute Gasteiger partial charge is 0.0684 e. The Morgan fingerprint density at radius 2 is 2.31 bits per heavy atom. The van der Waals surface area contributed by atoms with Crippen LogP contribution in [0.3, 0.4) is 0 Å². The fourth-order valence-corrected chi connectivity index (χ4v) is 0.881. The molecule has 0 aliphatic rings. The third-order valence-corrected chi connectivity index (χ3v) is 1.77. The van der Waals surface area contributed by atoms with Gasteiger partial charge in [0, 0.05) is 6.54 Å². The van der Waals surface area contributed by atoms with Gasteiger partial charge in [-0.25, -0.2) is 0 Å². The van der Waals surface area contributed by atoms with Crippen LogP contribution in [0.5, 0.6) is 0 Å². The van der Waals surface area contributed by atoms with E-state index in [9.17, 15) is 0 Å². The number of hydrogen-bond donors (Lipinski definition) is 2. The van der Waals surface area contributed by atoms with Gasteiger partial charge in [0.1, 0.15) is 0 Å². The lowest BCUT2D eigenvalue weighted by atomic mass is 10.1. The van der Waals surface area contributed by atoms with Gasteiger partial charge in [0.2, 0.25) is 0 Å². The van der Waals surface area contributed by atoms with Gasteiger partial charge >= 0.3 is 0 Å². The van der Waals surface area contributed by atoms with Crippen LogP contribution in [0, 0.1) is 0 Å². The van der Waals surface area contributed by atoms with Crippen LogP contribution in [0.25, 0.3) is 0 Å². The molecule has 0 saturated carbocycles. The zero-order valence-electron chi connectivity index (χ0n) is 8.09. The molecule has 3 N–H and O–H groups in total. The van der Waals surface area contributed by atoms with Crippen molar-refractivity contribution < 1.29 is 5.11 Å². The molecule has 0 spiro atoms. The summed E-state index contributed by atoms with van der Waals surface area (Å²) < 4.78 is 0. The maximum atomic E-state index is 8.90. The van der Waals surface area contributed by atoms with E-state index in [2.05, 4.69) is 12.3 Å². The Morgan fingerprint density at radius 3 is 2.69 bits per heavy atom. The summed E-state index contributed by atoms with van der Waals surface area (Å²) in [5, 5.41) is 8.90. The highest BCUT2D eigenvalue weighted by molar-refractivity contribution is 5.21. The van der Waals surface area contributed by atoms with Gasteiger partial charge in [-0.2, -0.15) is 0 Å². The molecule has 0 fully saturated rings. The second-order valence-corrected chi connectivity index (χ2v) is 2.64. The largest absolute Gasteiger partial charge is 0.392 e. The topological polar surface area (TPSA) is 46.2 Å². The Kier molecular flexibility index (Phi) is 6.93. The molecule has 0 aromatic rings. The van der Waals surface area contributed by atoms with E-state index in [1.54, 1.807) is 6.08 Å². The first-order valence-electron chi connectivity index (χ1n) is 4.28. The van der Waals surface area contributed by atoms with Crippen molar-refractivity contribution in [3.63, 3.8) is 0 Å². The van der Waals surface area contributed by atoms with Gasteiger partial charge in [0.05, 0.1) is 6.61 Å². The molecule has 13 heavy (non-hydrogen) atoms. The van der Waals surface area contributed by atoms with Crippen molar-refractivity contribution in [2.24, 2.45) is 5.73 Å². The van der Waals surface area contributed by atoms with E-state index >= 15 is 0 Å². The first-order chi connectivity index (χ1) is 6.28. The Morgan fingerprint density at radius 1 is 1.62 bits per heavy atom. The zero-order valence-corrected chi connectivity index (χ0v) is 8.09. The molecule has 0 atom stereocenters. The van der Waals surface area contributed by atoms with Crippen molar-refractivity contribution in [2.75, 3.05) is 13.2 Å². The predicted molar refractivity (Wildman–Crippen MR) is 56.3 cm³/mol. The van der Waals surface area contributed by atoms with Gasteiger partial charge in [0.15, 0.2) is 0 Å². The van der Waals surface area contributed by atoms with Crippen LogP contribution in [0.15, 0.2) is 41.7 Å². The van der Waals surface area contributed by atoms with E-state index in [-0.39, 0.29) is 6.61 Å². The van der Waals surface area contributed by atoms with Crippen LogP contribution >= 0.6 is 0 Å². The monoisotopic (exact) mass is 179 g/mol. The highest BCUT2D eigenvalue weighted by Crippen LogP contribution is 2.04. The molecule has 0 amide bonds. The minimum atomic E-state index is 0.0179. The molecular formula is C11H17NO. The number of aliphatic hydroxyl groups is 1. The van der Waals surface area contributed by atoms with E-state index < -0.39 is 0 Å². The Bertz CT molecular complexity index is 245. The second kappa shape index (κ2) is 7.56. The lowest BCUT2D eigenvalue weighted by molar-refractivity contribution is 0.334. The van der Waals surface area contributed by atoms with Gasteiger partial charge < -0.3 is 10.8 Å². The molecule has 2 heteroatoms. The molecule has 0 aromatic heterocycles. The minimum Gasteiger partial charge on any atom is -0.392 e. The first-order valence-corrected chi connectivity index (χ1v) is 4.28. The van der Waals surface area contributed by atoms with Gasteiger partial charge in [-0.05, 0) is 25.0 Å². The molecular weight excluding hydrogens is 162 g/mol. The van der Waals surface area contributed by atoms with Crippen molar-refractivity contribution in [1.82, 2.24) is 0 Å². The van der Waals surface area contributed by atoms with E-state index in [0.717, 1.165) is 17.6 Å². The quantitative estimate of drug-likeness (QED) is 0.382. The Hall–Kier alpha value is -1.08. The third-order valence-electron chi connectivity index (χ3n) is 1.77. The molecule has 0 aliphatic heterocycles. The van der Waals surface area contributed by atoms with E-state index in [0.29, 0.717) is 6.54 Å². The van der Waals surface area contributed by atoms with Crippen molar-refractivity contribution in [3.8, 4) is 0 Å². The van der Waals surface area contributed by atoms with Crippen LogP contribution in [-0.4, -0.2) is 18.3 Å². The second-order valence-electron chi connectivity index (χ2n) is 2.64. The highest BCUT2D eigenvalue weighted by atomic mass is 16.3. The SMILES string of the molecule is C=C=C/C(=C\C/C(=C\C)CN)CO. The molecule has 72 valence electrons. The lowest BCUT2D eigenvalue weighted by Crippen LogP contribution is -2.02. The van der Waals surface area contributed by atoms with E-state index in [1.807, 2.05) is 19.1 Å². The Labute approximate surface area is 79.8 Å². The third kappa shape index (κ3) is 5.21. The van der Waals surface area contributed by atoms with Gasteiger partial charge in [-0.3, -0.25) is 0 Å². The number of aliphatic hydroxyl groups excluding tert-OH is 1. The van der Waals surface area contributed by atoms with E-state index in [1.165, 1.54) is 0 Å². The van der Waals surface area contributed by atoms with Crippen LogP contribution in [0.1, 0.15) is 13.3 Å². The predicted octanol–water partition coefficient (Wildman–Crippen LogP) is 1.54. The molecule has 0 radical (unpaired) electrons. The summed E-state index contributed by atoms with van der Waals surface area (Å²) in [6, 6.07) is 0. The molecule has 2 nitrogen and oxygen atoms in total. The van der Waals surface area contributed by atoms with Crippen LogP contribution in [0.2, 0.25) is 0 Å². The Balaban J connectivity index is 4.28. The lowest BCUT2D eigenvalue weighted by Gasteiger charge is -2.00. The van der Waals surface area contributed by atoms with Crippen molar-refractivity contribution in [3.05, 3.63) is 41.7 Å². The average molecular weight is 179 g/mol. The molecule has 0 unspecified atom stereocenters. The number of nitrogens with two attached hydrogens (primary N) is 1. The van der Waals surface area contributed by atoms with E-state index in [4.69, 9.17) is 10.8 Å². The summed E-state index contributed by atoms with van der Waals surface area (Å²) in [5.74, 6) is 0. The van der Waals surface area contributed by atoms with Gasteiger partial charge in [0.25, 0.3) is 0 Å². The van der Waals surface area contributed by atoms with Crippen molar-refractivity contribution in [2.45, 2.75) is 13.3 Å². The molecule has 0 heterocycles. The normalized spacial score (nSPS) is 12.5. The average Bonchev–Trinajstić information content (AvgIpc) is 2.17. The maximum absolute atomic E-state index is 8.90. The van der Waals surface area contributed by atoms with Crippen molar-refractivity contribution >= 4 is 0 Å². The maximum Gasteiger partial charge on any atom is 0.0684 e. The van der Waals surface area contributed by atoms with Crippen molar-refractivity contribution in [1.29, 1.82) is 0 Å². The number of allylic oxidation sites excluding steroid dienone is 2. The van der Waals surface area contributed by atoms with Crippen LogP contribution < -0.4 is 5.73 Å².